The minimum Gasteiger partial charge on any atom is -0.497 e. The molecule has 29 heavy (non-hydrogen) atoms. The van der Waals surface area contributed by atoms with Gasteiger partial charge >= 0.3 is 0 Å². The molecule has 3 rings (SSSR count). The summed E-state index contributed by atoms with van der Waals surface area (Å²) < 4.78 is 6.55. The van der Waals surface area contributed by atoms with Gasteiger partial charge in [-0.3, -0.25) is 4.79 Å². The Balaban J connectivity index is 1.57. The van der Waals surface area contributed by atoms with E-state index < -0.39 is 0 Å². The Kier molecular flexibility index (Phi) is 6.77. The van der Waals surface area contributed by atoms with Crippen LogP contribution in [0.15, 0.2) is 53.7 Å². The molecule has 0 aliphatic heterocycles. The summed E-state index contributed by atoms with van der Waals surface area (Å²) in [6.07, 6.45) is 0.996. The summed E-state index contributed by atoms with van der Waals surface area (Å²) in [5.41, 5.74) is 3.17. The van der Waals surface area contributed by atoms with Crippen LogP contribution in [0, 0.1) is 0 Å². The van der Waals surface area contributed by atoms with E-state index >= 15 is 0 Å². The van der Waals surface area contributed by atoms with Crippen molar-refractivity contribution in [3.63, 3.8) is 0 Å². The number of nitrogens with one attached hydrogen (secondary N) is 1. The molecule has 1 unspecified atom stereocenters. The minimum atomic E-state index is -0.0870. The van der Waals surface area contributed by atoms with Crippen LogP contribution in [-0.2, 0) is 11.2 Å². The van der Waals surface area contributed by atoms with Crippen LogP contribution in [0.4, 0.5) is 0 Å². The zero-order valence-corrected chi connectivity index (χ0v) is 17.6. The molecule has 0 radical (unpaired) electrons. The van der Waals surface area contributed by atoms with Gasteiger partial charge in [-0.25, -0.2) is 4.68 Å². The lowest BCUT2D eigenvalue weighted by molar-refractivity contribution is -0.119. The molecule has 0 bridgehead atoms. The highest BCUT2D eigenvalue weighted by atomic mass is 32.2. The molecule has 0 aliphatic carbocycles. The molecular weight excluding hydrogens is 386 g/mol. The minimum absolute atomic E-state index is 0.0698. The SMILES string of the molecule is CCc1ccc(C(C)NC(=O)CSc2nnc(-c3ccc(OC)cc3)n2N)cc1. The lowest BCUT2D eigenvalue weighted by Crippen LogP contribution is -2.28. The first-order valence-corrected chi connectivity index (χ1v) is 10.4. The van der Waals surface area contributed by atoms with Gasteiger partial charge in [0.1, 0.15) is 5.75 Å². The Morgan fingerprint density at radius 2 is 1.86 bits per heavy atom. The summed E-state index contributed by atoms with van der Waals surface area (Å²) in [4.78, 5) is 12.3. The summed E-state index contributed by atoms with van der Waals surface area (Å²) in [6.45, 7) is 4.09. The number of benzene rings is 2. The van der Waals surface area contributed by atoms with Gasteiger partial charge in [0.2, 0.25) is 11.1 Å². The Morgan fingerprint density at radius 1 is 1.17 bits per heavy atom. The average molecular weight is 412 g/mol. The lowest BCUT2D eigenvalue weighted by Gasteiger charge is -2.14. The normalized spacial score (nSPS) is 11.8. The number of thioether (sulfide) groups is 1. The number of nitrogens with zero attached hydrogens (tertiary/aromatic N) is 3. The van der Waals surface area contributed by atoms with Gasteiger partial charge in [0.15, 0.2) is 5.82 Å². The number of aromatic nitrogens is 3. The second-order valence-corrected chi connectivity index (χ2v) is 7.52. The van der Waals surface area contributed by atoms with E-state index in [0.29, 0.717) is 11.0 Å². The smallest absolute Gasteiger partial charge is 0.230 e. The van der Waals surface area contributed by atoms with Crippen molar-refractivity contribution in [1.29, 1.82) is 0 Å². The van der Waals surface area contributed by atoms with Gasteiger partial charge in [0.05, 0.1) is 18.9 Å². The summed E-state index contributed by atoms with van der Waals surface area (Å²) >= 11 is 1.25. The van der Waals surface area contributed by atoms with E-state index in [4.69, 9.17) is 10.6 Å². The number of carbonyl (C=O) groups is 1. The predicted octanol–water partition coefficient (Wildman–Crippen LogP) is 3.20. The Bertz CT molecular complexity index is 954. The molecule has 152 valence electrons. The van der Waals surface area contributed by atoms with Crippen molar-refractivity contribution in [3.05, 3.63) is 59.7 Å². The van der Waals surface area contributed by atoms with Crippen molar-refractivity contribution in [3.8, 4) is 17.1 Å². The number of aryl methyl sites for hydroxylation is 1. The Morgan fingerprint density at radius 3 is 2.48 bits per heavy atom. The highest BCUT2D eigenvalue weighted by molar-refractivity contribution is 7.99. The summed E-state index contributed by atoms with van der Waals surface area (Å²) in [5, 5.41) is 11.7. The first-order valence-electron chi connectivity index (χ1n) is 9.37. The van der Waals surface area contributed by atoms with E-state index in [-0.39, 0.29) is 17.7 Å². The average Bonchev–Trinajstić information content (AvgIpc) is 3.12. The fourth-order valence-electron chi connectivity index (χ4n) is 2.85. The third kappa shape index (κ3) is 5.08. The number of hydrogen-bond acceptors (Lipinski definition) is 6. The highest BCUT2D eigenvalue weighted by Gasteiger charge is 2.15. The van der Waals surface area contributed by atoms with Gasteiger partial charge in [0.25, 0.3) is 0 Å². The maximum Gasteiger partial charge on any atom is 0.230 e. The molecule has 7 nitrogen and oxygen atoms in total. The van der Waals surface area contributed by atoms with Crippen molar-refractivity contribution in [2.45, 2.75) is 31.5 Å². The number of ether oxygens (including phenoxy) is 1. The quantitative estimate of drug-likeness (QED) is 0.437. The van der Waals surface area contributed by atoms with Crippen LogP contribution in [0.5, 0.6) is 5.75 Å². The Labute approximate surface area is 174 Å². The first kappa shape index (κ1) is 20.7. The van der Waals surface area contributed by atoms with E-state index in [1.54, 1.807) is 7.11 Å². The summed E-state index contributed by atoms with van der Waals surface area (Å²) in [6, 6.07) is 15.6. The van der Waals surface area contributed by atoms with Gasteiger partial charge < -0.3 is 15.9 Å². The molecule has 0 fully saturated rings. The highest BCUT2D eigenvalue weighted by Crippen LogP contribution is 2.23. The number of amides is 1. The van der Waals surface area contributed by atoms with Crippen molar-refractivity contribution in [2.75, 3.05) is 18.7 Å². The van der Waals surface area contributed by atoms with Crippen molar-refractivity contribution < 1.29 is 9.53 Å². The molecule has 0 saturated heterocycles. The number of nitrogens with two attached hydrogens (primary N) is 1. The van der Waals surface area contributed by atoms with Crippen LogP contribution in [0.3, 0.4) is 0 Å². The summed E-state index contributed by atoms with van der Waals surface area (Å²) in [7, 11) is 1.61. The van der Waals surface area contributed by atoms with Gasteiger partial charge in [-0.15, -0.1) is 10.2 Å². The van der Waals surface area contributed by atoms with Crippen LogP contribution >= 0.6 is 11.8 Å². The molecule has 1 amide bonds. The van der Waals surface area contributed by atoms with Crippen LogP contribution in [-0.4, -0.2) is 33.6 Å². The monoisotopic (exact) mass is 411 g/mol. The number of hydrogen-bond donors (Lipinski definition) is 2. The van der Waals surface area contributed by atoms with Crippen molar-refractivity contribution in [2.24, 2.45) is 0 Å². The molecule has 1 heterocycles. The van der Waals surface area contributed by atoms with Crippen LogP contribution in [0.1, 0.15) is 31.0 Å². The molecular formula is C21H25N5O2S. The zero-order valence-electron chi connectivity index (χ0n) is 16.8. The molecule has 3 N–H and O–H groups in total. The van der Waals surface area contributed by atoms with Crippen LogP contribution in [0.2, 0.25) is 0 Å². The van der Waals surface area contributed by atoms with Gasteiger partial charge in [-0.2, -0.15) is 0 Å². The summed E-state index contributed by atoms with van der Waals surface area (Å²) in [5.74, 6) is 7.52. The third-order valence-electron chi connectivity index (χ3n) is 4.61. The molecule has 8 heteroatoms. The van der Waals surface area contributed by atoms with E-state index in [0.717, 1.165) is 23.3 Å². The van der Waals surface area contributed by atoms with E-state index in [1.165, 1.54) is 22.0 Å². The van der Waals surface area contributed by atoms with Gasteiger partial charge in [0, 0.05) is 5.56 Å². The van der Waals surface area contributed by atoms with Gasteiger partial charge in [-0.1, -0.05) is 43.0 Å². The van der Waals surface area contributed by atoms with E-state index in [9.17, 15) is 4.79 Å². The maximum atomic E-state index is 12.3. The second kappa shape index (κ2) is 9.47. The van der Waals surface area contributed by atoms with E-state index in [1.807, 2.05) is 31.2 Å². The molecule has 1 atom stereocenters. The molecule has 0 aliphatic rings. The predicted molar refractivity (Wildman–Crippen MR) is 115 cm³/mol. The number of methoxy groups -OCH3 is 1. The molecule has 0 saturated carbocycles. The number of carbonyl (C=O) groups excluding carboxylic acids is 1. The van der Waals surface area contributed by atoms with Crippen LogP contribution < -0.4 is 15.9 Å². The Hall–Kier alpha value is -3.00. The molecule has 0 spiro atoms. The van der Waals surface area contributed by atoms with Crippen LogP contribution in [0.25, 0.3) is 11.4 Å². The third-order valence-corrected chi connectivity index (χ3v) is 5.55. The first-order chi connectivity index (χ1) is 14.0. The second-order valence-electron chi connectivity index (χ2n) is 6.58. The van der Waals surface area contributed by atoms with Crippen molar-refractivity contribution in [1.82, 2.24) is 20.2 Å². The van der Waals surface area contributed by atoms with Crippen molar-refractivity contribution >= 4 is 17.7 Å². The zero-order chi connectivity index (χ0) is 20.8. The fourth-order valence-corrected chi connectivity index (χ4v) is 3.52. The largest absolute Gasteiger partial charge is 0.497 e. The molecule has 3 aromatic rings. The fraction of sp³-hybridized carbons (Fsp3) is 0.286. The van der Waals surface area contributed by atoms with E-state index in [2.05, 4.69) is 46.7 Å². The molecule has 1 aromatic heterocycles. The number of nitrogen functional groups attached to an aromatic ring is 1. The van der Waals surface area contributed by atoms with Gasteiger partial charge in [-0.05, 0) is 48.7 Å². The molecule has 2 aromatic carbocycles. The standard InChI is InChI=1S/C21H25N5O2S/c1-4-15-5-7-16(8-6-15)14(2)23-19(27)13-29-21-25-24-20(26(21)22)17-9-11-18(28-3)12-10-17/h5-12,14H,4,13,22H2,1-3H3,(H,23,27). The lowest BCUT2D eigenvalue weighted by atomic mass is 10.1. The maximum absolute atomic E-state index is 12.3. The number of rotatable bonds is 8. The topological polar surface area (TPSA) is 95.1 Å².